The van der Waals surface area contributed by atoms with Gasteiger partial charge in [-0.1, -0.05) is 17.3 Å². The molecule has 3 aromatic rings. The molecule has 0 bridgehead atoms. The van der Waals surface area contributed by atoms with Crippen LogP contribution in [0.5, 0.6) is 0 Å². The van der Waals surface area contributed by atoms with Crippen molar-refractivity contribution in [2.75, 3.05) is 0 Å². The first-order chi connectivity index (χ1) is 12.3. The van der Waals surface area contributed by atoms with Gasteiger partial charge in [-0.05, 0) is 51.0 Å². The molecule has 1 amide bonds. The van der Waals surface area contributed by atoms with E-state index in [1.165, 1.54) is 6.33 Å². The summed E-state index contributed by atoms with van der Waals surface area (Å²) in [4.78, 5) is 20.5. The fraction of sp³-hybridized carbons (Fsp3) is 0.316. The Hall–Kier alpha value is -3.09. The van der Waals surface area contributed by atoms with E-state index in [-0.39, 0.29) is 11.4 Å². The molecular weight excluding hydrogens is 328 g/mol. The molecule has 7 heteroatoms. The SMILES string of the molecule is Cc1cc(-c2ccncn2)ccc1CNC(=O)c1cn(C(C)(C)C)nn1. The predicted octanol–water partition coefficient (Wildman–Crippen LogP) is 2.73. The monoisotopic (exact) mass is 350 g/mol. The lowest BCUT2D eigenvalue weighted by Crippen LogP contribution is -2.24. The number of carbonyl (C=O) groups excluding carboxylic acids is 1. The smallest absolute Gasteiger partial charge is 0.273 e. The van der Waals surface area contributed by atoms with Crippen LogP contribution in [0.1, 0.15) is 42.4 Å². The maximum Gasteiger partial charge on any atom is 0.273 e. The standard InChI is InChI=1S/C19H22N6O/c1-13-9-14(16-7-8-20-12-22-16)5-6-15(13)10-21-18(26)17-11-25(24-23-17)19(2,3)4/h5-9,11-12H,10H2,1-4H3,(H,21,26). The zero-order chi connectivity index (χ0) is 18.7. The largest absolute Gasteiger partial charge is 0.347 e. The normalized spacial score (nSPS) is 11.4. The third-order valence-electron chi connectivity index (χ3n) is 4.07. The van der Waals surface area contributed by atoms with Crippen LogP contribution in [0.3, 0.4) is 0 Å². The topological polar surface area (TPSA) is 85.6 Å². The molecule has 2 heterocycles. The number of rotatable bonds is 4. The minimum absolute atomic E-state index is 0.209. The van der Waals surface area contributed by atoms with E-state index in [9.17, 15) is 4.79 Å². The van der Waals surface area contributed by atoms with E-state index in [0.717, 1.165) is 22.4 Å². The molecule has 0 aliphatic heterocycles. The van der Waals surface area contributed by atoms with Crippen molar-refractivity contribution >= 4 is 5.91 Å². The molecule has 0 fully saturated rings. The molecule has 7 nitrogen and oxygen atoms in total. The van der Waals surface area contributed by atoms with Crippen LogP contribution in [0.4, 0.5) is 0 Å². The summed E-state index contributed by atoms with van der Waals surface area (Å²) < 4.78 is 1.68. The van der Waals surface area contributed by atoms with Gasteiger partial charge in [0.1, 0.15) is 6.33 Å². The summed E-state index contributed by atoms with van der Waals surface area (Å²) in [5.41, 5.74) is 4.12. The zero-order valence-corrected chi connectivity index (χ0v) is 15.4. The molecule has 0 unspecified atom stereocenters. The average molecular weight is 350 g/mol. The van der Waals surface area contributed by atoms with Crippen molar-refractivity contribution in [1.29, 1.82) is 0 Å². The molecule has 1 aromatic carbocycles. The number of hydrogen-bond acceptors (Lipinski definition) is 5. The van der Waals surface area contributed by atoms with Crippen LogP contribution in [0, 0.1) is 6.92 Å². The molecule has 26 heavy (non-hydrogen) atoms. The molecule has 0 radical (unpaired) electrons. The van der Waals surface area contributed by atoms with Crippen LogP contribution >= 0.6 is 0 Å². The molecule has 3 rings (SSSR count). The number of aryl methyl sites for hydroxylation is 1. The van der Waals surface area contributed by atoms with Crippen molar-refractivity contribution in [3.8, 4) is 11.3 Å². The minimum Gasteiger partial charge on any atom is -0.347 e. The summed E-state index contributed by atoms with van der Waals surface area (Å²) in [7, 11) is 0. The van der Waals surface area contributed by atoms with Gasteiger partial charge >= 0.3 is 0 Å². The van der Waals surface area contributed by atoms with Gasteiger partial charge in [0.2, 0.25) is 0 Å². The summed E-state index contributed by atoms with van der Waals surface area (Å²) in [5, 5.41) is 10.9. The average Bonchev–Trinajstić information content (AvgIpc) is 3.12. The maximum absolute atomic E-state index is 12.3. The van der Waals surface area contributed by atoms with Gasteiger partial charge in [-0.25, -0.2) is 14.6 Å². The number of benzene rings is 1. The van der Waals surface area contributed by atoms with Crippen LogP contribution in [0.2, 0.25) is 0 Å². The predicted molar refractivity (Wildman–Crippen MR) is 98.4 cm³/mol. The Morgan fingerprint density at radius 3 is 2.65 bits per heavy atom. The number of nitrogens with one attached hydrogen (secondary N) is 1. The van der Waals surface area contributed by atoms with E-state index in [2.05, 4.69) is 31.7 Å². The molecule has 134 valence electrons. The number of hydrogen-bond donors (Lipinski definition) is 1. The maximum atomic E-state index is 12.3. The van der Waals surface area contributed by atoms with Crippen LogP contribution in [0.15, 0.2) is 43.0 Å². The number of amides is 1. The molecule has 0 aliphatic carbocycles. The summed E-state index contributed by atoms with van der Waals surface area (Å²) in [6, 6.07) is 7.92. The summed E-state index contributed by atoms with van der Waals surface area (Å²) in [6.07, 6.45) is 4.92. The highest BCUT2D eigenvalue weighted by atomic mass is 16.2. The highest BCUT2D eigenvalue weighted by Gasteiger charge is 2.18. The third-order valence-corrected chi connectivity index (χ3v) is 4.07. The van der Waals surface area contributed by atoms with Gasteiger partial charge in [0.25, 0.3) is 5.91 Å². The highest BCUT2D eigenvalue weighted by molar-refractivity contribution is 5.91. The lowest BCUT2D eigenvalue weighted by Gasteiger charge is -2.17. The Labute approximate surface area is 152 Å². The number of nitrogens with zero attached hydrogens (tertiary/aromatic N) is 5. The number of carbonyl (C=O) groups is 1. The van der Waals surface area contributed by atoms with E-state index < -0.39 is 0 Å². The molecule has 0 spiro atoms. The van der Waals surface area contributed by atoms with Crippen LogP contribution in [-0.2, 0) is 12.1 Å². The quantitative estimate of drug-likeness (QED) is 0.782. The second kappa shape index (κ2) is 7.03. The van der Waals surface area contributed by atoms with E-state index in [1.54, 1.807) is 17.1 Å². The molecule has 0 saturated carbocycles. The fourth-order valence-corrected chi connectivity index (χ4v) is 2.48. The van der Waals surface area contributed by atoms with Crippen molar-refractivity contribution < 1.29 is 4.79 Å². The molecule has 0 atom stereocenters. The van der Waals surface area contributed by atoms with E-state index in [4.69, 9.17) is 0 Å². The van der Waals surface area contributed by atoms with Crippen molar-refractivity contribution in [2.45, 2.75) is 39.8 Å². The van der Waals surface area contributed by atoms with Crippen molar-refractivity contribution in [3.63, 3.8) is 0 Å². The van der Waals surface area contributed by atoms with Crippen molar-refractivity contribution in [3.05, 3.63) is 59.8 Å². The van der Waals surface area contributed by atoms with Gasteiger partial charge in [0, 0.05) is 18.3 Å². The third kappa shape index (κ3) is 3.93. The summed E-state index contributed by atoms with van der Waals surface area (Å²) in [5.74, 6) is -0.236. The Balaban J connectivity index is 1.68. The van der Waals surface area contributed by atoms with Gasteiger partial charge in [-0.2, -0.15) is 0 Å². The minimum atomic E-state index is -0.236. The number of aromatic nitrogens is 5. The fourth-order valence-electron chi connectivity index (χ4n) is 2.48. The van der Waals surface area contributed by atoms with Gasteiger partial charge in [-0.3, -0.25) is 4.79 Å². The van der Waals surface area contributed by atoms with Crippen LogP contribution < -0.4 is 5.32 Å². The van der Waals surface area contributed by atoms with E-state index >= 15 is 0 Å². The lowest BCUT2D eigenvalue weighted by molar-refractivity contribution is 0.0946. The van der Waals surface area contributed by atoms with Crippen LogP contribution in [0.25, 0.3) is 11.3 Å². The second-order valence-corrected chi connectivity index (χ2v) is 7.14. The summed E-state index contributed by atoms with van der Waals surface area (Å²) >= 11 is 0. The summed E-state index contributed by atoms with van der Waals surface area (Å²) in [6.45, 7) is 8.46. The Morgan fingerprint density at radius 1 is 1.23 bits per heavy atom. The first kappa shape index (κ1) is 17.7. The van der Waals surface area contributed by atoms with E-state index in [0.29, 0.717) is 12.2 Å². The molecular formula is C19H22N6O. The molecule has 0 saturated heterocycles. The van der Waals surface area contributed by atoms with Crippen molar-refractivity contribution in [1.82, 2.24) is 30.3 Å². The van der Waals surface area contributed by atoms with Gasteiger partial charge in [-0.15, -0.1) is 5.10 Å². The second-order valence-electron chi connectivity index (χ2n) is 7.14. The lowest BCUT2D eigenvalue weighted by atomic mass is 10.0. The molecule has 1 N–H and O–H groups in total. The van der Waals surface area contributed by atoms with Crippen molar-refractivity contribution in [2.24, 2.45) is 0 Å². The van der Waals surface area contributed by atoms with E-state index in [1.807, 2.05) is 45.9 Å². The zero-order valence-electron chi connectivity index (χ0n) is 15.4. The van der Waals surface area contributed by atoms with Gasteiger partial charge in [0.05, 0.1) is 17.4 Å². The highest BCUT2D eigenvalue weighted by Crippen LogP contribution is 2.20. The first-order valence-electron chi connectivity index (χ1n) is 8.41. The Bertz CT molecular complexity index is 911. The van der Waals surface area contributed by atoms with Crippen LogP contribution in [-0.4, -0.2) is 30.9 Å². The molecule has 2 aromatic heterocycles. The Morgan fingerprint density at radius 2 is 2.04 bits per heavy atom. The van der Waals surface area contributed by atoms with Gasteiger partial charge in [0.15, 0.2) is 5.69 Å². The Kier molecular flexibility index (Phi) is 4.79. The molecule has 0 aliphatic rings. The first-order valence-corrected chi connectivity index (χ1v) is 8.41. The van der Waals surface area contributed by atoms with Gasteiger partial charge < -0.3 is 5.32 Å².